The van der Waals surface area contributed by atoms with Crippen molar-refractivity contribution in [3.8, 4) is 0 Å². The largest absolute Gasteiger partial charge is 0.467 e. The van der Waals surface area contributed by atoms with Gasteiger partial charge in [0.1, 0.15) is 10.1 Å². The van der Waals surface area contributed by atoms with E-state index in [1.165, 1.54) is 16.7 Å². The fraction of sp³-hybridized carbons (Fsp3) is 0.167. The number of halogens is 1. The van der Waals surface area contributed by atoms with Gasteiger partial charge in [-0.3, -0.25) is 14.5 Å². The molecule has 2 aromatic rings. The van der Waals surface area contributed by atoms with Crippen molar-refractivity contribution in [2.24, 2.45) is 0 Å². The van der Waals surface area contributed by atoms with Crippen LogP contribution in [0.1, 0.15) is 17.7 Å². The van der Waals surface area contributed by atoms with Crippen LogP contribution in [0.25, 0.3) is 6.08 Å². The van der Waals surface area contributed by atoms with E-state index < -0.39 is 0 Å². The predicted molar refractivity (Wildman–Crippen MR) is 107 cm³/mol. The minimum absolute atomic E-state index is 0.168. The maximum absolute atomic E-state index is 12.5. The fourth-order valence-corrected chi connectivity index (χ4v) is 3.74. The Morgan fingerprint density at radius 1 is 1.31 bits per heavy atom. The van der Waals surface area contributed by atoms with Crippen molar-refractivity contribution in [1.29, 1.82) is 0 Å². The molecular formula is C18H15ClN2O3S2. The SMILES string of the molecule is O=C(CCN1C(=O)C(=Cc2ccc(Cl)cc2)SC1=S)NCc1ccco1. The summed E-state index contributed by atoms with van der Waals surface area (Å²) in [6, 6.07) is 10.7. The molecule has 0 unspecified atom stereocenters. The number of furan rings is 1. The first-order valence-electron chi connectivity index (χ1n) is 7.83. The number of carbonyl (C=O) groups is 2. The number of hydrogen-bond acceptors (Lipinski definition) is 5. The maximum atomic E-state index is 12.5. The molecule has 1 aliphatic rings. The van der Waals surface area contributed by atoms with E-state index in [-0.39, 0.29) is 24.8 Å². The van der Waals surface area contributed by atoms with Crippen LogP contribution in [-0.2, 0) is 16.1 Å². The second-order valence-electron chi connectivity index (χ2n) is 5.49. The molecule has 5 nitrogen and oxygen atoms in total. The van der Waals surface area contributed by atoms with Gasteiger partial charge in [-0.15, -0.1) is 0 Å². The molecule has 3 rings (SSSR count). The van der Waals surface area contributed by atoms with Crippen molar-refractivity contribution >= 4 is 57.8 Å². The highest BCUT2D eigenvalue weighted by Crippen LogP contribution is 2.32. The molecule has 1 aromatic heterocycles. The summed E-state index contributed by atoms with van der Waals surface area (Å²) in [6.07, 6.45) is 3.49. The summed E-state index contributed by atoms with van der Waals surface area (Å²) in [5.41, 5.74) is 0.867. The number of carbonyl (C=O) groups excluding carboxylic acids is 2. The zero-order valence-electron chi connectivity index (χ0n) is 13.6. The van der Waals surface area contributed by atoms with Gasteiger partial charge in [0.05, 0.1) is 17.7 Å². The summed E-state index contributed by atoms with van der Waals surface area (Å²) in [4.78, 5) is 26.5. The number of nitrogens with zero attached hydrogens (tertiary/aromatic N) is 1. The molecule has 0 radical (unpaired) electrons. The van der Waals surface area contributed by atoms with Crippen LogP contribution in [0.15, 0.2) is 52.0 Å². The Hall–Kier alpha value is -2.09. The third kappa shape index (κ3) is 4.75. The van der Waals surface area contributed by atoms with Crippen molar-refractivity contribution in [3.05, 3.63) is 63.9 Å². The standard InChI is InChI=1S/C18H15ClN2O3S2/c19-13-5-3-12(4-6-13)10-15-17(23)21(18(25)26-15)8-7-16(22)20-11-14-2-1-9-24-14/h1-6,9-10H,7-8,11H2,(H,20,22). The second-order valence-corrected chi connectivity index (χ2v) is 7.60. The number of rotatable bonds is 6. The molecule has 2 heterocycles. The summed E-state index contributed by atoms with van der Waals surface area (Å²) in [5.74, 6) is 0.320. The van der Waals surface area contributed by atoms with E-state index in [1.807, 2.05) is 12.1 Å². The number of benzene rings is 1. The normalized spacial score (nSPS) is 15.7. The number of thioether (sulfide) groups is 1. The Morgan fingerprint density at radius 2 is 2.08 bits per heavy atom. The van der Waals surface area contributed by atoms with Crippen LogP contribution in [0, 0.1) is 0 Å². The Labute approximate surface area is 165 Å². The highest BCUT2D eigenvalue weighted by Gasteiger charge is 2.32. The average molecular weight is 407 g/mol. The van der Waals surface area contributed by atoms with Gasteiger partial charge in [-0.25, -0.2) is 0 Å². The molecular weight excluding hydrogens is 392 g/mol. The van der Waals surface area contributed by atoms with Crippen LogP contribution in [-0.4, -0.2) is 27.6 Å². The molecule has 1 aromatic carbocycles. The van der Waals surface area contributed by atoms with Gasteiger partial charge in [0, 0.05) is 18.0 Å². The summed E-state index contributed by atoms with van der Waals surface area (Å²) >= 11 is 12.4. The van der Waals surface area contributed by atoms with Gasteiger partial charge < -0.3 is 9.73 Å². The Morgan fingerprint density at radius 3 is 2.77 bits per heavy atom. The van der Waals surface area contributed by atoms with E-state index in [4.69, 9.17) is 28.2 Å². The van der Waals surface area contributed by atoms with Crippen LogP contribution in [0.3, 0.4) is 0 Å². The van der Waals surface area contributed by atoms with E-state index in [1.54, 1.807) is 36.6 Å². The summed E-state index contributed by atoms with van der Waals surface area (Å²) in [6.45, 7) is 0.563. The number of nitrogens with one attached hydrogen (secondary N) is 1. The molecule has 0 atom stereocenters. The van der Waals surface area contributed by atoms with E-state index in [0.29, 0.717) is 26.6 Å². The van der Waals surface area contributed by atoms with Crippen LogP contribution in [0.2, 0.25) is 5.02 Å². The van der Waals surface area contributed by atoms with Gasteiger partial charge in [0.25, 0.3) is 5.91 Å². The van der Waals surface area contributed by atoms with Gasteiger partial charge >= 0.3 is 0 Å². The van der Waals surface area contributed by atoms with E-state index in [9.17, 15) is 9.59 Å². The van der Waals surface area contributed by atoms with Crippen molar-refractivity contribution in [2.75, 3.05) is 6.54 Å². The van der Waals surface area contributed by atoms with E-state index in [2.05, 4.69) is 5.32 Å². The zero-order valence-corrected chi connectivity index (χ0v) is 16.0. The monoisotopic (exact) mass is 406 g/mol. The molecule has 26 heavy (non-hydrogen) atoms. The number of hydrogen-bond donors (Lipinski definition) is 1. The first-order chi connectivity index (χ1) is 12.5. The molecule has 0 saturated carbocycles. The smallest absolute Gasteiger partial charge is 0.266 e. The molecule has 1 N–H and O–H groups in total. The first kappa shape index (κ1) is 18.7. The quantitative estimate of drug-likeness (QED) is 0.583. The lowest BCUT2D eigenvalue weighted by Crippen LogP contribution is -2.33. The van der Waals surface area contributed by atoms with Gasteiger partial charge in [-0.1, -0.05) is 47.7 Å². The van der Waals surface area contributed by atoms with Crippen molar-refractivity contribution < 1.29 is 14.0 Å². The molecule has 134 valence electrons. The van der Waals surface area contributed by atoms with Crippen molar-refractivity contribution in [3.63, 3.8) is 0 Å². The molecule has 0 aliphatic carbocycles. The third-order valence-electron chi connectivity index (χ3n) is 3.64. The summed E-state index contributed by atoms with van der Waals surface area (Å²) in [5, 5.41) is 3.38. The molecule has 8 heteroatoms. The topological polar surface area (TPSA) is 62.6 Å². The lowest BCUT2D eigenvalue weighted by molar-refractivity contribution is -0.124. The van der Waals surface area contributed by atoms with Crippen molar-refractivity contribution in [2.45, 2.75) is 13.0 Å². The van der Waals surface area contributed by atoms with Gasteiger partial charge in [0.2, 0.25) is 5.91 Å². The molecule has 0 bridgehead atoms. The second kappa shape index (κ2) is 8.53. The number of thiocarbonyl (C=S) groups is 1. The lowest BCUT2D eigenvalue weighted by atomic mass is 10.2. The summed E-state index contributed by atoms with van der Waals surface area (Å²) < 4.78 is 5.61. The van der Waals surface area contributed by atoms with Gasteiger partial charge in [-0.2, -0.15) is 0 Å². The highest BCUT2D eigenvalue weighted by molar-refractivity contribution is 8.26. The zero-order chi connectivity index (χ0) is 18.5. The van der Waals surface area contributed by atoms with Crippen LogP contribution < -0.4 is 5.32 Å². The molecule has 1 saturated heterocycles. The highest BCUT2D eigenvalue weighted by atomic mass is 35.5. The van der Waals surface area contributed by atoms with Gasteiger partial charge in [0.15, 0.2) is 0 Å². The first-order valence-corrected chi connectivity index (χ1v) is 9.43. The maximum Gasteiger partial charge on any atom is 0.266 e. The van der Waals surface area contributed by atoms with Crippen LogP contribution >= 0.6 is 35.6 Å². The van der Waals surface area contributed by atoms with E-state index >= 15 is 0 Å². The van der Waals surface area contributed by atoms with Crippen molar-refractivity contribution in [1.82, 2.24) is 10.2 Å². The number of amides is 2. The minimum Gasteiger partial charge on any atom is -0.467 e. The minimum atomic E-state index is -0.186. The van der Waals surface area contributed by atoms with E-state index in [0.717, 1.165) is 5.56 Å². The Kier molecular flexibility index (Phi) is 6.13. The molecule has 1 fully saturated rings. The van der Waals surface area contributed by atoms with Gasteiger partial charge in [-0.05, 0) is 35.9 Å². The summed E-state index contributed by atoms with van der Waals surface area (Å²) in [7, 11) is 0. The fourth-order valence-electron chi connectivity index (χ4n) is 2.30. The third-order valence-corrected chi connectivity index (χ3v) is 5.27. The molecule has 2 amide bonds. The Bertz CT molecular complexity index is 848. The molecule has 0 spiro atoms. The predicted octanol–water partition coefficient (Wildman–Crippen LogP) is 3.84. The molecule has 1 aliphatic heterocycles. The Balaban J connectivity index is 1.55. The lowest BCUT2D eigenvalue weighted by Gasteiger charge is -2.13. The van der Waals surface area contributed by atoms with Crippen LogP contribution in [0.4, 0.5) is 0 Å². The average Bonchev–Trinajstić information content (AvgIpc) is 3.23. The van der Waals surface area contributed by atoms with Crippen LogP contribution in [0.5, 0.6) is 0 Å².